The molecule has 0 aliphatic heterocycles. The van der Waals surface area contributed by atoms with Crippen molar-refractivity contribution in [2.24, 2.45) is 29.6 Å². The number of unbranched alkanes of at least 4 members (excludes halogenated alkanes) is 1. The van der Waals surface area contributed by atoms with E-state index < -0.39 is 36.0 Å². The zero-order chi connectivity index (χ0) is 29.9. The zero-order valence-electron chi connectivity index (χ0n) is 29.1. The molecule has 0 radical (unpaired) electrons. The molecule has 0 spiro atoms. The van der Waals surface area contributed by atoms with Gasteiger partial charge in [-0.3, -0.25) is 0 Å². The Kier molecular flexibility index (Phi) is 15.1. The summed E-state index contributed by atoms with van der Waals surface area (Å²) < 4.78 is 0. The first-order valence-electron chi connectivity index (χ1n) is 17.3. The van der Waals surface area contributed by atoms with Crippen molar-refractivity contribution in [1.29, 1.82) is 0 Å². The summed E-state index contributed by atoms with van der Waals surface area (Å²) in [4.78, 5) is 0. The van der Waals surface area contributed by atoms with E-state index in [1.54, 1.807) is 37.7 Å². The summed E-state index contributed by atoms with van der Waals surface area (Å²) in [6, 6.07) is 21.0. The van der Waals surface area contributed by atoms with Crippen LogP contribution in [0.15, 0.2) is 54.6 Å². The van der Waals surface area contributed by atoms with Crippen LogP contribution in [0.4, 0.5) is 0 Å². The number of hydrogen-bond acceptors (Lipinski definition) is 0. The first-order chi connectivity index (χ1) is 20.2. The average Bonchev–Trinajstić information content (AvgIpc) is 3.76. The molecule has 2 aromatic carbocycles. The summed E-state index contributed by atoms with van der Waals surface area (Å²) in [6.45, 7) is 14.0. The fraction of sp³-hybridized carbons (Fsp3) is 0.641. The van der Waals surface area contributed by atoms with Gasteiger partial charge in [0.05, 0.1) is 0 Å². The van der Waals surface area contributed by atoms with Crippen molar-refractivity contribution >= 4 is 32.2 Å². The predicted octanol–water partition coefficient (Wildman–Crippen LogP) is 13.8. The van der Waals surface area contributed by atoms with Gasteiger partial charge in [0.1, 0.15) is 0 Å². The molecule has 0 heterocycles. The molecule has 0 saturated heterocycles. The van der Waals surface area contributed by atoms with Crippen molar-refractivity contribution < 1.29 is 20.8 Å². The van der Waals surface area contributed by atoms with Crippen LogP contribution in [0.5, 0.6) is 0 Å². The van der Waals surface area contributed by atoms with Gasteiger partial charge < -0.3 is 14.9 Å². The second-order valence-corrected chi connectivity index (χ2v) is 35.5. The summed E-state index contributed by atoms with van der Waals surface area (Å²) >= 11 is -0.826. The molecule has 0 amide bonds. The third kappa shape index (κ3) is 7.79. The molecule has 244 valence electrons. The number of hydrogen-bond donors (Lipinski definition) is 0. The minimum absolute atomic E-state index is 0. The summed E-state index contributed by atoms with van der Waals surface area (Å²) in [6.07, 6.45) is 18.2. The fourth-order valence-corrected chi connectivity index (χ4v) is 24.9. The van der Waals surface area contributed by atoms with E-state index in [-0.39, 0.29) is 14.9 Å². The maximum absolute atomic E-state index is 4.93. The van der Waals surface area contributed by atoms with Crippen LogP contribution in [-0.2, 0) is 20.8 Å². The van der Waals surface area contributed by atoms with E-state index in [0.717, 1.165) is 46.6 Å². The molecule has 8 atom stereocenters. The molecule has 4 aliphatic rings. The van der Waals surface area contributed by atoms with Crippen molar-refractivity contribution in [2.75, 3.05) is 0 Å². The summed E-state index contributed by atoms with van der Waals surface area (Å²) in [5.41, 5.74) is 6.86. The predicted molar refractivity (Wildman–Crippen MR) is 200 cm³/mol. The second-order valence-electron chi connectivity index (χ2n) is 15.6. The molecule has 6 rings (SSSR count). The van der Waals surface area contributed by atoms with Crippen molar-refractivity contribution in [1.82, 2.24) is 0 Å². The molecule has 44 heavy (non-hydrogen) atoms. The van der Waals surface area contributed by atoms with Crippen molar-refractivity contribution in [2.45, 2.75) is 127 Å². The van der Waals surface area contributed by atoms with Gasteiger partial charge in [-0.05, 0) is 82.5 Å². The first kappa shape index (κ1) is 38.8. The molecular formula is C39H62Cl2Si2Zr. The Morgan fingerprint density at radius 2 is 1.41 bits per heavy atom. The van der Waals surface area contributed by atoms with Crippen LogP contribution in [0.2, 0.25) is 37.3 Å². The van der Waals surface area contributed by atoms with E-state index in [1.807, 2.05) is 0 Å². The molecule has 2 aromatic rings. The van der Waals surface area contributed by atoms with Crippen LogP contribution < -0.4 is 0 Å². The van der Waals surface area contributed by atoms with E-state index in [4.69, 9.17) is 17.0 Å². The third-order valence-electron chi connectivity index (χ3n) is 13.6. The Labute approximate surface area is 293 Å². The van der Waals surface area contributed by atoms with Gasteiger partial charge in [0, 0.05) is 15.2 Å². The molecule has 8 unspecified atom stereocenters. The SMILES string of the molecule is CCCCC1CCC([Si](C)(C)[Si](C)(C)C2CCC3C2CC2CCCC2C3c2ccccc2-c2ccccc2)C1.[CH3-].[CH3-].[Cl][Zr+2][Cl]. The van der Waals surface area contributed by atoms with Gasteiger partial charge in [0.25, 0.3) is 0 Å². The number of benzene rings is 2. The fourth-order valence-electron chi connectivity index (χ4n) is 10.9. The zero-order valence-corrected chi connectivity index (χ0v) is 35.0. The van der Waals surface area contributed by atoms with Crippen molar-refractivity contribution in [3.8, 4) is 11.1 Å². The second kappa shape index (κ2) is 17.1. The minimum atomic E-state index is -1.35. The van der Waals surface area contributed by atoms with Gasteiger partial charge in [-0.25, -0.2) is 0 Å². The van der Waals surface area contributed by atoms with Gasteiger partial charge in [-0.15, -0.1) is 0 Å². The Morgan fingerprint density at radius 3 is 2.11 bits per heavy atom. The summed E-state index contributed by atoms with van der Waals surface area (Å²) in [7, 11) is 7.24. The molecule has 5 heteroatoms. The monoisotopic (exact) mass is 746 g/mol. The van der Waals surface area contributed by atoms with Crippen molar-refractivity contribution in [3.05, 3.63) is 75.0 Å². The number of fused-ring (bicyclic) bond motifs is 2. The Morgan fingerprint density at radius 1 is 0.727 bits per heavy atom. The molecular weight excluding hydrogens is 687 g/mol. The molecule has 0 bridgehead atoms. The summed E-state index contributed by atoms with van der Waals surface area (Å²) in [5.74, 6) is 5.69. The molecule has 0 nitrogen and oxygen atoms in total. The van der Waals surface area contributed by atoms with Gasteiger partial charge >= 0.3 is 37.9 Å². The van der Waals surface area contributed by atoms with E-state index in [0.29, 0.717) is 0 Å². The van der Waals surface area contributed by atoms with Crippen LogP contribution in [0.3, 0.4) is 0 Å². The van der Waals surface area contributed by atoms with Crippen LogP contribution in [-0.4, -0.2) is 15.2 Å². The van der Waals surface area contributed by atoms with Crippen LogP contribution in [0.25, 0.3) is 11.1 Å². The van der Waals surface area contributed by atoms with Crippen LogP contribution >= 0.6 is 17.0 Å². The molecule has 0 aromatic heterocycles. The molecule has 4 saturated carbocycles. The van der Waals surface area contributed by atoms with Gasteiger partial charge in [0.2, 0.25) is 0 Å². The Bertz CT molecular complexity index is 1140. The quantitative estimate of drug-likeness (QED) is 0.186. The maximum atomic E-state index is 4.93. The van der Waals surface area contributed by atoms with Crippen LogP contribution in [0.1, 0.15) is 95.5 Å². The summed E-state index contributed by atoms with van der Waals surface area (Å²) in [5, 5.41) is 0. The van der Waals surface area contributed by atoms with E-state index >= 15 is 0 Å². The Hall–Kier alpha value is 0.337. The Balaban J connectivity index is 0.00000102. The average molecular weight is 749 g/mol. The number of rotatable bonds is 8. The van der Waals surface area contributed by atoms with Gasteiger partial charge in [-0.1, -0.05) is 145 Å². The van der Waals surface area contributed by atoms with Gasteiger partial charge in [0.15, 0.2) is 0 Å². The molecule has 4 aliphatic carbocycles. The number of halogens is 2. The first-order valence-corrected chi connectivity index (χ1v) is 30.8. The van der Waals surface area contributed by atoms with E-state index in [9.17, 15) is 0 Å². The topological polar surface area (TPSA) is 0 Å². The van der Waals surface area contributed by atoms with Crippen molar-refractivity contribution in [3.63, 3.8) is 0 Å². The molecule has 0 N–H and O–H groups in total. The van der Waals surface area contributed by atoms with E-state index in [1.165, 1.54) is 56.1 Å². The molecule has 4 fully saturated rings. The van der Waals surface area contributed by atoms with Gasteiger partial charge in [-0.2, -0.15) is 0 Å². The van der Waals surface area contributed by atoms with E-state index in [2.05, 4.69) is 87.7 Å². The normalized spacial score (nSPS) is 31.0. The third-order valence-corrected chi connectivity index (χ3v) is 34.4. The van der Waals surface area contributed by atoms with Crippen LogP contribution in [0, 0.1) is 44.4 Å². The standard InChI is InChI=1S/C37H56Si2.2CH3.2ClH.Zr/c1-6-7-14-27-21-22-30(25-27)38(2,3)39(4,5)36-24-23-34-35(36)26-29-17-13-20-32(29)37(34)33-19-12-11-18-31(33)28-15-9-8-10-16-28;;;;;/h8-12,15-16,18-19,27,29-30,32,34-37H,6-7,13-14,17,20-26H2,1-5H3;2*1H3;2*1H;/q;2*-1;;;+4/p-2.